The lowest BCUT2D eigenvalue weighted by atomic mass is 10.8. The molecule has 46 valence electrons. The lowest BCUT2D eigenvalue weighted by Gasteiger charge is -1.85. The van der Waals surface area contributed by atoms with Crippen molar-refractivity contribution in [3.63, 3.8) is 0 Å². The van der Waals surface area contributed by atoms with Gasteiger partial charge >= 0.3 is 0 Å². The van der Waals surface area contributed by atoms with Gasteiger partial charge in [-0.1, -0.05) is 0 Å². The smallest absolute Gasteiger partial charge is 0.138 e. The normalized spacial score (nSPS) is 12.6. The highest BCUT2D eigenvalue weighted by Gasteiger charge is 1.79. The van der Waals surface area contributed by atoms with E-state index in [1.807, 2.05) is 0 Å². The van der Waals surface area contributed by atoms with Crippen molar-refractivity contribution >= 4 is 32.5 Å². The quantitative estimate of drug-likeness (QED) is 0.418. The van der Waals surface area contributed by atoms with Crippen LogP contribution in [0.5, 0.6) is 0 Å². The molecule has 0 spiro atoms. The van der Waals surface area contributed by atoms with E-state index in [9.17, 15) is 0 Å². The van der Waals surface area contributed by atoms with E-state index in [1.54, 1.807) is 20.3 Å². The minimum absolute atomic E-state index is 0.854. The number of rotatable bonds is 2. The number of hydrogen-bond donors (Lipinski definition) is 1. The van der Waals surface area contributed by atoms with Gasteiger partial charge in [-0.25, -0.2) is 0 Å². The summed E-state index contributed by atoms with van der Waals surface area (Å²) in [5.74, 6) is 0. The summed E-state index contributed by atoms with van der Waals surface area (Å²) in [6.07, 6.45) is 1.68. The third kappa shape index (κ3) is 4.04. The maximum atomic E-state index is 3.82. The van der Waals surface area contributed by atoms with Crippen LogP contribution in [0.15, 0.2) is 10.1 Å². The standard InChI is InChI=1S/C4H8IN3/c1-6-3-4(5)8-7-2/h3,7H,1-2H3. The number of hydrazone groups is 1. The molecule has 3 nitrogen and oxygen atoms in total. The van der Waals surface area contributed by atoms with Crippen LogP contribution < -0.4 is 5.43 Å². The zero-order chi connectivity index (χ0) is 6.41. The van der Waals surface area contributed by atoms with Crippen LogP contribution in [0.4, 0.5) is 0 Å². The average molecular weight is 225 g/mol. The minimum atomic E-state index is 0.854. The molecule has 0 fully saturated rings. The Morgan fingerprint density at radius 2 is 2.38 bits per heavy atom. The third-order valence-corrected chi connectivity index (χ3v) is 0.974. The number of hydrogen-bond acceptors (Lipinski definition) is 3. The first-order valence-electron chi connectivity index (χ1n) is 2.13. The summed E-state index contributed by atoms with van der Waals surface area (Å²) in [6, 6.07) is 0. The van der Waals surface area contributed by atoms with E-state index in [2.05, 4.69) is 38.1 Å². The van der Waals surface area contributed by atoms with Crippen molar-refractivity contribution in [1.29, 1.82) is 0 Å². The fourth-order valence-electron chi connectivity index (χ4n) is 0.242. The van der Waals surface area contributed by atoms with Gasteiger partial charge in [0.15, 0.2) is 0 Å². The van der Waals surface area contributed by atoms with Crippen LogP contribution >= 0.6 is 22.6 Å². The lowest BCUT2D eigenvalue weighted by Crippen LogP contribution is -1.99. The molecule has 0 aliphatic rings. The topological polar surface area (TPSA) is 36.8 Å². The van der Waals surface area contributed by atoms with Gasteiger partial charge in [-0.15, -0.1) is 0 Å². The Hall–Kier alpha value is -0.130. The van der Waals surface area contributed by atoms with E-state index in [-0.39, 0.29) is 0 Å². The molecular weight excluding hydrogens is 217 g/mol. The predicted octanol–water partition coefficient (Wildman–Crippen LogP) is 0.655. The molecule has 4 heteroatoms. The van der Waals surface area contributed by atoms with Crippen LogP contribution in [-0.2, 0) is 0 Å². The van der Waals surface area contributed by atoms with Crippen LogP contribution in [0, 0.1) is 0 Å². The molecule has 8 heavy (non-hydrogen) atoms. The highest BCUT2D eigenvalue weighted by atomic mass is 127. The molecule has 0 unspecified atom stereocenters. The SMILES string of the molecule is CN=CC(I)=NNC. The Morgan fingerprint density at radius 1 is 1.75 bits per heavy atom. The van der Waals surface area contributed by atoms with Gasteiger partial charge in [-0.2, -0.15) is 5.10 Å². The summed E-state index contributed by atoms with van der Waals surface area (Å²) in [7, 11) is 3.46. The lowest BCUT2D eigenvalue weighted by molar-refractivity contribution is 0.909. The van der Waals surface area contributed by atoms with Gasteiger partial charge in [-0.3, -0.25) is 4.99 Å². The van der Waals surface area contributed by atoms with Gasteiger partial charge in [0.25, 0.3) is 0 Å². The summed E-state index contributed by atoms with van der Waals surface area (Å²) in [5.41, 5.74) is 2.64. The molecule has 0 aliphatic heterocycles. The Kier molecular flexibility index (Phi) is 4.93. The van der Waals surface area contributed by atoms with Crippen molar-refractivity contribution in [2.24, 2.45) is 10.1 Å². The Balaban J connectivity index is 3.61. The Morgan fingerprint density at radius 3 is 2.75 bits per heavy atom. The molecule has 0 aromatic heterocycles. The molecule has 0 aromatic carbocycles. The van der Waals surface area contributed by atoms with E-state index in [4.69, 9.17) is 0 Å². The summed E-state index contributed by atoms with van der Waals surface area (Å²) in [4.78, 5) is 3.75. The van der Waals surface area contributed by atoms with Gasteiger partial charge in [0.1, 0.15) is 3.72 Å². The van der Waals surface area contributed by atoms with E-state index >= 15 is 0 Å². The largest absolute Gasteiger partial charge is 0.312 e. The molecule has 0 saturated heterocycles. The molecule has 0 heterocycles. The van der Waals surface area contributed by atoms with Crippen LogP contribution in [0.3, 0.4) is 0 Å². The predicted molar refractivity (Wildman–Crippen MR) is 44.9 cm³/mol. The van der Waals surface area contributed by atoms with Crippen LogP contribution in [0.2, 0.25) is 0 Å². The van der Waals surface area contributed by atoms with E-state index in [0.717, 1.165) is 3.72 Å². The second kappa shape index (κ2) is 5.02. The molecule has 0 bridgehead atoms. The first-order valence-corrected chi connectivity index (χ1v) is 3.21. The van der Waals surface area contributed by atoms with E-state index in [1.165, 1.54) is 0 Å². The van der Waals surface area contributed by atoms with Crippen molar-refractivity contribution < 1.29 is 0 Å². The second-order valence-corrected chi connectivity index (χ2v) is 2.15. The van der Waals surface area contributed by atoms with Crippen LogP contribution in [-0.4, -0.2) is 24.0 Å². The van der Waals surface area contributed by atoms with Crippen LogP contribution in [0.1, 0.15) is 0 Å². The number of halogens is 1. The zero-order valence-corrected chi connectivity index (χ0v) is 7.01. The fourth-order valence-corrected chi connectivity index (χ4v) is 0.762. The molecule has 0 amide bonds. The fraction of sp³-hybridized carbons (Fsp3) is 0.500. The molecule has 0 radical (unpaired) electrons. The Labute approximate surface area is 62.4 Å². The monoisotopic (exact) mass is 225 g/mol. The van der Waals surface area contributed by atoms with E-state index in [0.29, 0.717) is 0 Å². The molecule has 0 aromatic rings. The van der Waals surface area contributed by atoms with Gasteiger partial charge in [0, 0.05) is 14.1 Å². The van der Waals surface area contributed by atoms with Crippen molar-refractivity contribution in [2.75, 3.05) is 14.1 Å². The van der Waals surface area contributed by atoms with Gasteiger partial charge in [-0.05, 0) is 22.6 Å². The molecule has 0 aliphatic carbocycles. The third-order valence-electron chi connectivity index (χ3n) is 0.454. The van der Waals surface area contributed by atoms with Crippen molar-refractivity contribution in [1.82, 2.24) is 5.43 Å². The van der Waals surface area contributed by atoms with Crippen molar-refractivity contribution in [3.8, 4) is 0 Å². The zero-order valence-electron chi connectivity index (χ0n) is 4.85. The summed E-state index contributed by atoms with van der Waals surface area (Å²) < 4.78 is 0.854. The maximum absolute atomic E-state index is 3.82. The minimum Gasteiger partial charge on any atom is -0.312 e. The first-order chi connectivity index (χ1) is 3.81. The number of aliphatic imine (C=N–C) groups is 1. The maximum Gasteiger partial charge on any atom is 0.138 e. The average Bonchev–Trinajstić information content (AvgIpc) is 1.68. The molecule has 0 atom stereocenters. The Bertz CT molecular complexity index is 108. The molecular formula is C4H8IN3. The number of nitrogens with zero attached hydrogens (tertiary/aromatic N) is 2. The summed E-state index contributed by atoms with van der Waals surface area (Å²) >= 11 is 2.08. The summed E-state index contributed by atoms with van der Waals surface area (Å²) in [6.45, 7) is 0. The first kappa shape index (κ1) is 7.87. The highest BCUT2D eigenvalue weighted by molar-refractivity contribution is 14.1. The summed E-state index contributed by atoms with van der Waals surface area (Å²) in [5, 5.41) is 3.82. The van der Waals surface area contributed by atoms with Crippen molar-refractivity contribution in [3.05, 3.63) is 0 Å². The molecule has 1 N–H and O–H groups in total. The van der Waals surface area contributed by atoms with E-state index < -0.39 is 0 Å². The molecule has 0 saturated carbocycles. The highest BCUT2D eigenvalue weighted by Crippen LogP contribution is 1.83. The number of nitrogens with one attached hydrogen (secondary N) is 1. The van der Waals surface area contributed by atoms with Gasteiger partial charge < -0.3 is 5.43 Å². The van der Waals surface area contributed by atoms with Crippen LogP contribution in [0.25, 0.3) is 0 Å². The second-order valence-electron chi connectivity index (χ2n) is 1.05. The van der Waals surface area contributed by atoms with Crippen molar-refractivity contribution in [2.45, 2.75) is 0 Å². The van der Waals surface area contributed by atoms with Gasteiger partial charge in [0.05, 0.1) is 6.21 Å². The molecule has 0 rings (SSSR count). The van der Waals surface area contributed by atoms with Gasteiger partial charge in [0.2, 0.25) is 0 Å².